The minimum absolute atomic E-state index is 0.486. The summed E-state index contributed by atoms with van der Waals surface area (Å²) in [7, 11) is 0. The summed E-state index contributed by atoms with van der Waals surface area (Å²) in [5.74, 6) is 0. The van der Waals surface area contributed by atoms with Gasteiger partial charge in [-0.3, -0.25) is 0 Å². The lowest BCUT2D eigenvalue weighted by Gasteiger charge is -2.10. The molecule has 0 spiro atoms. The average molecular weight is 205 g/mol. The van der Waals surface area contributed by atoms with Gasteiger partial charge in [0.1, 0.15) is 5.38 Å². The zero-order chi connectivity index (χ0) is 10.0. The highest BCUT2D eigenvalue weighted by Gasteiger charge is 2.19. The zero-order valence-corrected chi connectivity index (χ0v) is 8.28. The van der Waals surface area contributed by atoms with Crippen molar-refractivity contribution >= 4 is 11.6 Å². The van der Waals surface area contributed by atoms with Crippen molar-refractivity contribution in [1.29, 1.82) is 0 Å². The van der Waals surface area contributed by atoms with Gasteiger partial charge in [-0.05, 0) is 30.5 Å². The van der Waals surface area contributed by atoms with E-state index in [-0.39, 0.29) is 0 Å². The topological polar surface area (TPSA) is 0 Å². The number of halogens is 3. The van der Waals surface area contributed by atoms with Crippen LogP contribution in [0.1, 0.15) is 22.1 Å². The van der Waals surface area contributed by atoms with E-state index >= 15 is 0 Å². The van der Waals surface area contributed by atoms with E-state index in [1.165, 1.54) is 0 Å². The molecule has 13 heavy (non-hydrogen) atoms. The molecule has 1 aromatic rings. The van der Waals surface area contributed by atoms with E-state index < -0.39 is 11.8 Å². The highest BCUT2D eigenvalue weighted by atomic mass is 35.5. The van der Waals surface area contributed by atoms with Crippen molar-refractivity contribution in [2.45, 2.75) is 25.7 Å². The first-order chi connectivity index (χ1) is 6.02. The maximum absolute atomic E-state index is 12.2. The second kappa shape index (κ2) is 4.05. The lowest BCUT2D eigenvalue weighted by Crippen LogP contribution is -2.02. The van der Waals surface area contributed by atoms with Crippen LogP contribution in [0.2, 0.25) is 0 Å². The van der Waals surface area contributed by atoms with Crippen LogP contribution in [0.3, 0.4) is 0 Å². The molecule has 0 aromatic heterocycles. The Kier molecular flexibility index (Phi) is 3.26. The monoisotopic (exact) mass is 204 g/mol. The van der Waals surface area contributed by atoms with Crippen LogP contribution in [0.15, 0.2) is 18.2 Å². The molecule has 3 heteroatoms. The molecule has 0 saturated carbocycles. The first-order valence-electron chi connectivity index (χ1n) is 4.01. The third-order valence-corrected chi connectivity index (χ3v) is 2.51. The maximum atomic E-state index is 12.2. The lowest BCUT2D eigenvalue weighted by molar-refractivity contribution is 0.143. The fraction of sp³-hybridized carbons (Fsp3) is 0.400. The molecule has 0 radical (unpaired) electrons. The molecule has 0 aliphatic carbocycles. The molecule has 72 valence electrons. The Bertz CT molecular complexity index is 297. The van der Waals surface area contributed by atoms with Crippen molar-refractivity contribution < 1.29 is 8.78 Å². The summed E-state index contributed by atoms with van der Waals surface area (Å²) >= 11 is 5.52. The molecule has 0 amide bonds. The molecule has 0 aliphatic heterocycles. The van der Waals surface area contributed by atoms with Crippen LogP contribution in [0.5, 0.6) is 0 Å². The minimum Gasteiger partial charge on any atom is -0.208 e. The van der Waals surface area contributed by atoms with Crippen LogP contribution in [-0.2, 0) is 0 Å². The summed E-state index contributed by atoms with van der Waals surface area (Å²) in [6.07, 6.45) is -2.51. The molecule has 1 aromatic carbocycles. The number of rotatable bonds is 2. The Hall–Kier alpha value is -0.630. The largest absolute Gasteiger partial charge is 0.258 e. The van der Waals surface area contributed by atoms with Crippen LogP contribution in [-0.4, -0.2) is 6.43 Å². The molecule has 0 nitrogen and oxygen atoms in total. The predicted octanol–water partition coefficient (Wildman–Crippen LogP) is 3.85. The van der Waals surface area contributed by atoms with E-state index in [0.717, 1.165) is 11.1 Å². The van der Waals surface area contributed by atoms with Gasteiger partial charge in [0, 0.05) is 0 Å². The summed E-state index contributed by atoms with van der Waals surface area (Å²) in [6.45, 7) is 3.82. The Labute approximate surface area is 81.5 Å². The van der Waals surface area contributed by atoms with Gasteiger partial charge >= 0.3 is 0 Å². The fourth-order valence-corrected chi connectivity index (χ4v) is 1.22. The molecule has 0 saturated heterocycles. The molecule has 0 aliphatic rings. The van der Waals surface area contributed by atoms with Gasteiger partial charge in [0.25, 0.3) is 6.43 Å². The van der Waals surface area contributed by atoms with E-state index in [2.05, 4.69) is 0 Å². The minimum atomic E-state index is -2.51. The van der Waals surface area contributed by atoms with Crippen molar-refractivity contribution in [3.8, 4) is 0 Å². The Morgan fingerprint density at radius 2 is 1.77 bits per heavy atom. The lowest BCUT2D eigenvalue weighted by atomic mass is 10.0. The van der Waals surface area contributed by atoms with Crippen LogP contribution < -0.4 is 0 Å². The molecule has 0 N–H and O–H groups in total. The number of aryl methyl sites for hydroxylation is 2. The third-order valence-electron chi connectivity index (χ3n) is 2.07. The summed E-state index contributed by atoms with van der Waals surface area (Å²) < 4.78 is 24.4. The van der Waals surface area contributed by atoms with Gasteiger partial charge in [-0.1, -0.05) is 18.2 Å². The van der Waals surface area contributed by atoms with Gasteiger partial charge in [0.2, 0.25) is 0 Å². The number of alkyl halides is 3. The normalized spacial score (nSPS) is 13.4. The Morgan fingerprint density at radius 3 is 2.23 bits per heavy atom. The smallest absolute Gasteiger partial charge is 0.208 e. The molecule has 0 heterocycles. The second-order valence-corrected chi connectivity index (χ2v) is 3.55. The summed E-state index contributed by atoms with van der Waals surface area (Å²) in [5, 5.41) is -1.20. The maximum Gasteiger partial charge on any atom is 0.258 e. The molecule has 1 atom stereocenters. The van der Waals surface area contributed by atoms with E-state index in [4.69, 9.17) is 11.6 Å². The highest BCUT2D eigenvalue weighted by molar-refractivity contribution is 6.21. The van der Waals surface area contributed by atoms with E-state index in [0.29, 0.717) is 5.56 Å². The third kappa shape index (κ3) is 2.41. The fourth-order valence-electron chi connectivity index (χ4n) is 1.08. The Morgan fingerprint density at radius 1 is 1.15 bits per heavy atom. The van der Waals surface area contributed by atoms with Gasteiger partial charge in [0.05, 0.1) is 0 Å². The van der Waals surface area contributed by atoms with Crippen LogP contribution >= 0.6 is 11.6 Å². The van der Waals surface area contributed by atoms with Crippen molar-refractivity contribution in [3.05, 3.63) is 34.9 Å². The van der Waals surface area contributed by atoms with Gasteiger partial charge in [-0.15, -0.1) is 11.6 Å². The van der Waals surface area contributed by atoms with Gasteiger partial charge in [-0.25, -0.2) is 8.78 Å². The van der Waals surface area contributed by atoms with E-state index in [1.807, 2.05) is 19.9 Å². The van der Waals surface area contributed by atoms with Gasteiger partial charge < -0.3 is 0 Å². The van der Waals surface area contributed by atoms with Crippen molar-refractivity contribution in [1.82, 2.24) is 0 Å². The van der Waals surface area contributed by atoms with Crippen LogP contribution in [0, 0.1) is 13.8 Å². The predicted molar refractivity (Wildman–Crippen MR) is 50.5 cm³/mol. The average Bonchev–Trinajstić information content (AvgIpc) is 2.08. The van der Waals surface area contributed by atoms with E-state index in [9.17, 15) is 8.78 Å². The highest BCUT2D eigenvalue weighted by Crippen LogP contribution is 2.28. The number of benzene rings is 1. The van der Waals surface area contributed by atoms with Crippen molar-refractivity contribution in [2.24, 2.45) is 0 Å². The van der Waals surface area contributed by atoms with Gasteiger partial charge in [-0.2, -0.15) is 0 Å². The quantitative estimate of drug-likeness (QED) is 0.642. The zero-order valence-electron chi connectivity index (χ0n) is 7.52. The van der Waals surface area contributed by atoms with Crippen LogP contribution in [0.25, 0.3) is 0 Å². The molecule has 1 unspecified atom stereocenters. The summed E-state index contributed by atoms with van der Waals surface area (Å²) in [4.78, 5) is 0. The summed E-state index contributed by atoms with van der Waals surface area (Å²) in [5.41, 5.74) is 2.56. The molecular weight excluding hydrogens is 194 g/mol. The standard InChI is InChI=1S/C10H11ClF2/c1-6-3-4-8(5-7(6)2)9(11)10(12)13/h3-5,9-10H,1-2H3. The molecule has 0 bridgehead atoms. The number of hydrogen-bond donors (Lipinski definition) is 0. The SMILES string of the molecule is Cc1ccc(C(Cl)C(F)F)cc1C. The number of hydrogen-bond acceptors (Lipinski definition) is 0. The van der Waals surface area contributed by atoms with Gasteiger partial charge in [0.15, 0.2) is 0 Å². The molecule has 0 fully saturated rings. The molecular formula is C10H11ClF2. The first-order valence-corrected chi connectivity index (χ1v) is 4.45. The van der Waals surface area contributed by atoms with Crippen molar-refractivity contribution in [3.63, 3.8) is 0 Å². The van der Waals surface area contributed by atoms with Crippen LogP contribution in [0.4, 0.5) is 8.78 Å². The second-order valence-electron chi connectivity index (χ2n) is 3.08. The first kappa shape index (κ1) is 10.5. The molecule has 1 rings (SSSR count). The summed E-state index contributed by atoms with van der Waals surface area (Å²) in [6, 6.07) is 5.16. The Balaban J connectivity index is 2.97. The van der Waals surface area contributed by atoms with E-state index in [1.54, 1.807) is 12.1 Å². The van der Waals surface area contributed by atoms with Crippen molar-refractivity contribution in [2.75, 3.05) is 0 Å².